The van der Waals surface area contributed by atoms with Gasteiger partial charge >= 0.3 is 0 Å². The minimum Gasteiger partial charge on any atom is -0.151 e. The Morgan fingerprint density at radius 2 is 1.52 bits per heavy atom. The molecule has 0 atom stereocenters. The summed E-state index contributed by atoms with van der Waals surface area (Å²) in [6, 6.07) is 22.8. The zero-order valence-electron chi connectivity index (χ0n) is 15.8. The molecule has 0 aliphatic carbocycles. The zero-order valence-corrected chi connectivity index (χ0v) is 15.8. The number of hydrogen-bond acceptors (Lipinski definition) is 3. The molecule has 27 heavy (non-hydrogen) atoms. The first kappa shape index (κ1) is 18.5. The summed E-state index contributed by atoms with van der Waals surface area (Å²) in [6.07, 6.45) is 0. The molecule has 0 amide bonds. The van der Waals surface area contributed by atoms with Crippen LogP contribution in [0, 0.1) is 11.8 Å². The number of nitrogens with zero attached hydrogens (tertiary/aromatic N) is 3. The summed E-state index contributed by atoms with van der Waals surface area (Å²) in [5, 5.41) is 8.75. The van der Waals surface area contributed by atoms with Crippen molar-refractivity contribution in [1.82, 2.24) is 0 Å². The number of hydrogen-bond donors (Lipinski definition) is 1. The van der Waals surface area contributed by atoms with Gasteiger partial charge in [-0.25, -0.2) is 0 Å². The van der Waals surface area contributed by atoms with E-state index in [-0.39, 0.29) is 5.92 Å². The summed E-state index contributed by atoms with van der Waals surface area (Å²) in [6.45, 7) is 6.06. The van der Waals surface area contributed by atoms with Gasteiger partial charge in [0.25, 0.3) is 5.69 Å². The molecule has 0 aliphatic rings. The fourth-order valence-corrected chi connectivity index (χ4v) is 2.76. The molecule has 5 nitrogen and oxygen atoms in total. The number of nitroso groups, excluding NO2 is 1. The fraction of sp³-hybridized carbons (Fsp3) is 0.182. The third-order valence-electron chi connectivity index (χ3n) is 4.22. The van der Waals surface area contributed by atoms with Gasteiger partial charge in [-0.1, -0.05) is 50.2 Å². The van der Waals surface area contributed by atoms with Crippen molar-refractivity contribution in [1.29, 1.82) is 0 Å². The van der Waals surface area contributed by atoms with Crippen molar-refractivity contribution in [3.63, 3.8) is 0 Å². The first-order valence-corrected chi connectivity index (χ1v) is 8.95. The van der Waals surface area contributed by atoms with E-state index in [1.54, 1.807) is 0 Å². The van der Waals surface area contributed by atoms with Crippen molar-refractivity contribution in [2.75, 3.05) is 5.43 Å². The summed E-state index contributed by atoms with van der Waals surface area (Å²) in [5.41, 5.74) is 7.57. The van der Waals surface area contributed by atoms with E-state index in [4.69, 9.17) is 0 Å². The molecule has 5 heteroatoms. The second kappa shape index (κ2) is 8.36. The maximum Gasteiger partial charge on any atom is 0.295 e. The Balaban J connectivity index is 1.92. The number of nitrogens with one attached hydrogen (secondary N) is 1. The molecule has 1 N–H and O–H groups in total. The van der Waals surface area contributed by atoms with Crippen LogP contribution in [0.2, 0.25) is 0 Å². The molecule has 136 valence electrons. The van der Waals surface area contributed by atoms with Gasteiger partial charge in [0.2, 0.25) is 0 Å². The average molecular weight is 359 g/mol. The van der Waals surface area contributed by atoms with Crippen LogP contribution in [-0.2, 0) is 0 Å². The Kier molecular flexibility index (Phi) is 5.71. The Morgan fingerprint density at radius 1 is 0.889 bits per heavy atom. The quantitative estimate of drug-likeness (QED) is 0.293. The molecule has 0 fully saturated rings. The lowest BCUT2D eigenvalue weighted by Crippen LogP contribution is -2.11. The van der Waals surface area contributed by atoms with Crippen LogP contribution in [0.3, 0.4) is 0 Å². The Morgan fingerprint density at radius 3 is 2.15 bits per heavy atom. The smallest absolute Gasteiger partial charge is 0.151 e. The van der Waals surface area contributed by atoms with Crippen molar-refractivity contribution < 1.29 is 4.87 Å². The number of hydrazine groups is 1. The largest absolute Gasteiger partial charge is 0.295 e. The number of azo groups is 1. The van der Waals surface area contributed by atoms with E-state index < -0.39 is 0 Å². The number of para-hydroxylation sites is 1. The Bertz CT molecular complexity index is 951. The van der Waals surface area contributed by atoms with Gasteiger partial charge in [0, 0.05) is 11.6 Å². The monoisotopic (exact) mass is 359 g/mol. The highest BCUT2D eigenvalue weighted by Crippen LogP contribution is 2.34. The number of aryl methyl sites for hydroxylation is 1. The molecule has 3 rings (SSSR count). The van der Waals surface area contributed by atoms with Crippen LogP contribution in [0.5, 0.6) is 0 Å². The van der Waals surface area contributed by atoms with E-state index in [0.717, 1.165) is 33.1 Å². The van der Waals surface area contributed by atoms with Crippen LogP contribution in [0.15, 0.2) is 83.0 Å². The predicted molar refractivity (Wildman–Crippen MR) is 109 cm³/mol. The van der Waals surface area contributed by atoms with Gasteiger partial charge in [-0.2, -0.15) is 10.2 Å². The highest BCUT2D eigenvalue weighted by atomic mass is 16.3. The molecule has 0 radical (unpaired) electrons. The first-order chi connectivity index (χ1) is 13.0. The average Bonchev–Trinajstić information content (AvgIpc) is 2.67. The van der Waals surface area contributed by atoms with Gasteiger partial charge in [-0.3, -0.25) is 0 Å². The lowest BCUT2D eigenvalue weighted by molar-refractivity contribution is -0.428. The minimum absolute atomic E-state index is 0.208. The molecule has 3 aromatic carbocycles. The van der Waals surface area contributed by atoms with Crippen LogP contribution < -0.4 is 5.43 Å². The second-order valence-corrected chi connectivity index (χ2v) is 6.66. The summed E-state index contributed by atoms with van der Waals surface area (Å²) in [7, 11) is 0. The molecular formula is C22H23N4O+. The molecule has 0 bridgehead atoms. The van der Waals surface area contributed by atoms with Crippen LogP contribution in [0.25, 0.3) is 0 Å². The molecule has 0 spiro atoms. The van der Waals surface area contributed by atoms with Crippen LogP contribution in [0.1, 0.15) is 30.9 Å². The fourth-order valence-electron chi connectivity index (χ4n) is 2.76. The second-order valence-electron chi connectivity index (χ2n) is 6.66. The highest BCUT2D eigenvalue weighted by Gasteiger charge is 2.22. The normalized spacial score (nSPS) is 11.1. The number of anilines is 1. The molecule has 0 saturated heterocycles. The van der Waals surface area contributed by atoms with Gasteiger partial charge in [0.15, 0.2) is 4.87 Å². The standard InChI is InChI=1S/C22H23N4O/c1-16(2)20-15-22(26(27)25-19-12-8-5-9-13-19)17(3)14-21(20)24-23-18-10-6-4-7-11-18/h4-16H,1-3H3,(H,25,27)/q+1. The molecular weight excluding hydrogens is 336 g/mol. The van der Waals surface area contributed by atoms with Gasteiger partial charge < -0.3 is 0 Å². The molecule has 0 heterocycles. The zero-order chi connectivity index (χ0) is 19.2. The van der Waals surface area contributed by atoms with E-state index in [0.29, 0.717) is 5.69 Å². The van der Waals surface area contributed by atoms with Gasteiger partial charge in [-0.05, 0) is 48.7 Å². The SMILES string of the molecule is Cc1cc(N=Nc2ccccc2)c(C(C)C)cc1[N+](=O)Nc1ccccc1. The summed E-state index contributed by atoms with van der Waals surface area (Å²) < 4.78 is 0. The lowest BCUT2D eigenvalue weighted by Gasteiger charge is -2.10. The topological polar surface area (TPSA) is 56.8 Å². The maximum absolute atomic E-state index is 12.7. The van der Waals surface area contributed by atoms with Gasteiger partial charge in [0.05, 0.1) is 16.3 Å². The molecule has 0 unspecified atom stereocenters. The van der Waals surface area contributed by atoms with Crippen LogP contribution >= 0.6 is 0 Å². The van der Waals surface area contributed by atoms with Crippen LogP contribution in [0.4, 0.5) is 22.7 Å². The highest BCUT2D eigenvalue weighted by molar-refractivity contribution is 5.58. The predicted octanol–water partition coefficient (Wildman–Crippen LogP) is 6.97. The van der Waals surface area contributed by atoms with E-state index in [1.807, 2.05) is 79.7 Å². The van der Waals surface area contributed by atoms with Crippen molar-refractivity contribution in [2.45, 2.75) is 26.7 Å². The number of benzene rings is 3. The lowest BCUT2D eigenvalue weighted by atomic mass is 9.98. The summed E-state index contributed by atoms with van der Waals surface area (Å²) in [4.78, 5) is 13.5. The van der Waals surface area contributed by atoms with E-state index >= 15 is 0 Å². The van der Waals surface area contributed by atoms with Crippen molar-refractivity contribution >= 4 is 22.7 Å². The van der Waals surface area contributed by atoms with E-state index in [1.165, 1.54) is 0 Å². The molecule has 3 aromatic rings. The third kappa shape index (κ3) is 4.64. The van der Waals surface area contributed by atoms with Gasteiger partial charge in [0.1, 0.15) is 5.69 Å². The van der Waals surface area contributed by atoms with Crippen molar-refractivity contribution in [2.24, 2.45) is 10.2 Å². The minimum atomic E-state index is 0.208. The Hall–Kier alpha value is -3.34. The summed E-state index contributed by atoms with van der Waals surface area (Å²) in [5.74, 6) is 0.208. The van der Waals surface area contributed by atoms with Crippen molar-refractivity contribution in [3.8, 4) is 0 Å². The third-order valence-corrected chi connectivity index (χ3v) is 4.22. The molecule has 0 aromatic heterocycles. The van der Waals surface area contributed by atoms with Crippen molar-refractivity contribution in [3.05, 3.63) is 88.8 Å². The first-order valence-electron chi connectivity index (χ1n) is 8.95. The van der Waals surface area contributed by atoms with E-state index in [2.05, 4.69) is 29.5 Å². The number of rotatable bonds is 6. The van der Waals surface area contributed by atoms with E-state index in [9.17, 15) is 4.91 Å². The summed E-state index contributed by atoms with van der Waals surface area (Å²) >= 11 is 0. The maximum atomic E-state index is 12.7. The Labute approximate surface area is 159 Å². The molecule has 0 aliphatic heterocycles. The van der Waals surface area contributed by atoms with Crippen LogP contribution in [-0.4, -0.2) is 4.87 Å². The van der Waals surface area contributed by atoms with Gasteiger partial charge in [-0.15, -0.1) is 5.43 Å². The molecule has 0 saturated carbocycles.